The normalized spacial score (nSPS) is 11.8. The maximum atomic E-state index is 13.5. The summed E-state index contributed by atoms with van der Waals surface area (Å²) < 4.78 is 40.2. The summed E-state index contributed by atoms with van der Waals surface area (Å²) in [6.45, 7) is 4.22. The molecule has 0 spiro atoms. The van der Waals surface area contributed by atoms with E-state index in [0.717, 1.165) is 6.20 Å². The van der Waals surface area contributed by atoms with Gasteiger partial charge in [-0.2, -0.15) is 13.5 Å². The second kappa shape index (κ2) is 6.19. The van der Waals surface area contributed by atoms with Crippen LogP contribution in [0.15, 0.2) is 29.7 Å². The third kappa shape index (κ3) is 3.76. The lowest BCUT2D eigenvalue weighted by atomic mass is 10.3. The van der Waals surface area contributed by atoms with Gasteiger partial charge in [-0.25, -0.2) is 4.39 Å². The number of hydrogen-bond donors (Lipinski definition) is 3. The molecule has 9 heteroatoms. The number of nitrogens with one attached hydrogen (secondary N) is 3. The van der Waals surface area contributed by atoms with E-state index >= 15 is 0 Å². The number of rotatable bonds is 6. The topological polar surface area (TPSA) is 99.8 Å². The molecule has 2 aromatic heterocycles. The summed E-state index contributed by atoms with van der Waals surface area (Å²) in [6.07, 6.45) is 3.66. The zero-order valence-corrected chi connectivity index (χ0v) is 12.4. The SMILES string of the molecule is CC(C)NCc1cn[nH]c1S(=O)(=O)Nc1ccncc1F. The van der Waals surface area contributed by atoms with Gasteiger partial charge in [0.1, 0.15) is 0 Å². The Morgan fingerprint density at radius 1 is 1.38 bits per heavy atom. The van der Waals surface area contributed by atoms with Crippen LogP contribution >= 0.6 is 0 Å². The van der Waals surface area contributed by atoms with Gasteiger partial charge in [-0.05, 0) is 6.07 Å². The Kier molecular flexibility index (Phi) is 4.53. The summed E-state index contributed by atoms with van der Waals surface area (Å²) in [5, 5.41) is 9.18. The van der Waals surface area contributed by atoms with Gasteiger partial charge in [-0.1, -0.05) is 13.8 Å². The third-order valence-corrected chi connectivity index (χ3v) is 4.04. The molecule has 0 bridgehead atoms. The monoisotopic (exact) mass is 313 g/mol. The van der Waals surface area contributed by atoms with Crippen LogP contribution in [0.5, 0.6) is 0 Å². The maximum absolute atomic E-state index is 13.5. The molecule has 0 aromatic carbocycles. The van der Waals surface area contributed by atoms with E-state index in [1.165, 1.54) is 18.5 Å². The van der Waals surface area contributed by atoms with Crippen LogP contribution in [0.4, 0.5) is 10.1 Å². The molecule has 0 aliphatic rings. The molecule has 0 fully saturated rings. The van der Waals surface area contributed by atoms with Gasteiger partial charge < -0.3 is 5.32 Å². The van der Waals surface area contributed by atoms with E-state index in [-0.39, 0.29) is 16.8 Å². The fraction of sp³-hybridized carbons (Fsp3) is 0.333. The Morgan fingerprint density at radius 3 is 2.81 bits per heavy atom. The first-order valence-corrected chi connectivity index (χ1v) is 7.76. The van der Waals surface area contributed by atoms with Crippen LogP contribution in [0.3, 0.4) is 0 Å². The molecular weight excluding hydrogens is 297 g/mol. The van der Waals surface area contributed by atoms with Crippen molar-refractivity contribution in [3.63, 3.8) is 0 Å². The van der Waals surface area contributed by atoms with Crippen molar-refractivity contribution < 1.29 is 12.8 Å². The van der Waals surface area contributed by atoms with Crippen LogP contribution in [0.2, 0.25) is 0 Å². The summed E-state index contributed by atoms with van der Waals surface area (Å²) in [5.41, 5.74) is 0.313. The molecule has 0 atom stereocenters. The number of H-pyrrole nitrogens is 1. The van der Waals surface area contributed by atoms with Crippen molar-refractivity contribution in [2.75, 3.05) is 4.72 Å². The average molecular weight is 313 g/mol. The fourth-order valence-corrected chi connectivity index (χ4v) is 2.83. The molecule has 114 valence electrons. The number of pyridine rings is 1. The molecular formula is C12H16FN5O2S. The number of hydrogen-bond acceptors (Lipinski definition) is 5. The van der Waals surface area contributed by atoms with E-state index in [1.54, 1.807) is 0 Å². The number of sulfonamides is 1. The highest BCUT2D eigenvalue weighted by Crippen LogP contribution is 2.19. The molecule has 0 amide bonds. The molecule has 0 unspecified atom stereocenters. The van der Waals surface area contributed by atoms with Gasteiger partial charge in [0, 0.05) is 24.3 Å². The average Bonchev–Trinajstić information content (AvgIpc) is 2.88. The summed E-state index contributed by atoms with van der Waals surface area (Å²) in [6, 6.07) is 1.44. The molecule has 7 nitrogen and oxygen atoms in total. The number of nitrogens with zero attached hydrogens (tertiary/aromatic N) is 2. The fourth-order valence-electron chi connectivity index (χ4n) is 1.63. The molecule has 21 heavy (non-hydrogen) atoms. The number of aromatic nitrogens is 3. The molecule has 0 saturated carbocycles. The van der Waals surface area contributed by atoms with Crippen molar-refractivity contribution in [2.45, 2.75) is 31.5 Å². The van der Waals surface area contributed by atoms with E-state index < -0.39 is 15.8 Å². The van der Waals surface area contributed by atoms with E-state index in [1.807, 2.05) is 13.8 Å². The molecule has 2 rings (SSSR count). The van der Waals surface area contributed by atoms with Crippen LogP contribution in [0, 0.1) is 5.82 Å². The van der Waals surface area contributed by atoms with Gasteiger partial charge in [0.05, 0.1) is 18.1 Å². The summed E-state index contributed by atoms with van der Waals surface area (Å²) in [5.74, 6) is -0.748. The highest BCUT2D eigenvalue weighted by molar-refractivity contribution is 7.92. The van der Waals surface area contributed by atoms with Gasteiger partial charge >= 0.3 is 0 Å². The Bertz CT molecular complexity index is 714. The Hall–Kier alpha value is -2.00. The standard InChI is InChI=1S/C12H16FN5O2S/c1-8(2)15-5-9-6-16-17-12(9)21(19,20)18-11-3-4-14-7-10(11)13/h3-4,6-8,15H,5H2,1-2H3,(H,14,18)(H,16,17). The van der Waals surface area contributed by atoms with Crippen LogP contribution in [0.1, 0.15) is 19.4 Å². The minimum Gasteiger partial charge on any atom is -0.310 e. The lowest BCUT2D eigenvalue weighted by Crippen LogP contribution is -2.23. The summed E-state index contributed by atoms with van der Waals surface area (Å²) in [4.78, 5) is 3.56. The van der Waals surface area contributed by atoms with Gasteiger partial charge in [-0.15, -0.1) is 0 Å². The first kappa shape index (κ1) is 15.4. The smallest absolute Gasteiger partial charge is 0.279 e. The number of aromatic amines is 1. The van der Waals surface area contributed by atoms with E-state index in [0.29, 0.717) is 12.1 Å². The van der Waals surface area contributed by atoms with Crippen molar-refractivity contribution in [2.24, 2.45) is 0 Å². The van der Waals surface area contributed by atoms with Gasteiger partial charge in [0.2, 0.25) is 0 Å². The quantitative estimate of drug-likeness (QED) is 0.745. The largest absolute Gasteiger partial charge is 0.310 e. The molecule has 0 saturated heterocycles. The van der Waals surface area contributed by atoms with Crippen molar-refractivity contribution in [1.29, 1.82) is 0 Å². The lowest BCUT2D eigenvalue weighted by molar-refractivity contribution is 0.574. The molecule has 0 aliphatic carbocycles. The zero-order chi connectivity index (χ0) is 15.5. The second-order valence-corrected chi connectivity index (χ2v) is 6.34. The minimum atomic E-state index is -3.95. The number of anilines is 1. The van der Waals surface area contributed by atoms with Gasteiger partial charge in [-0.3, -0.25) is 14.8 Å². The molecule has 0 aliphatic heterocycles. The van der Waals surface area contributed by atoms with E-state index in [9.17, 15) is 12.8 Å². The molecule has 2 aromatic rings. The van der Waals surface area contributed by atoms with Crippen molar-refractivity contribution in [3.8, 4) is 0 Å². The summed E-state index contributed by atoms with van der Waals surface area (Å²) >= 11 is 0. The van der Waals surface area contributed by atoms with E-state index in [2.05, 4.69) is 25.2 Å². The Morgan fingerprint density at radius 2 is 2.14 bits per heavy atom. The zero-order valence-electron chi connectivity index (χ0n) is 11.6. The molecule has 0 radical (unpaired) electrons. The van der Waals surface area contributed by atoms with Crippen molar-refractivity contribution in [1.82, 2.24) is 20.5 Å². The van der Waals surface area contributed by atoms with Crippen LogP contribution in [0.25, 0.3) is 0 Å². The predicted molar refractivity (Wildman–Crippen MR) is 75.6 cm³/mol. The van der Waals surface area contributed by atoms with Crippen LogP contribution < -0.4 is 10.0 Å². The van der Waals surface area contributed by atoms with Crippen molar-refractivity contribution in [3.05, 3.63) is 36.0 Å². The predicted octanol–water partition coefficient (Wildman–Crippen LogP) is 1.24. The number of halogens is 1. The van der Waals surface area contributed by atoms with Crippen LogP contribution in [-0.4, -0.2) is 29.6 Å². The first-order chi connectivity index (χ1) is 9.90. The van der Waals surface area contributed by atoms with Gasteiger partial charge in [0.15, 0.2) is 10.8 Å². The molecule has 2 heterocycles. The lowest BCUT2D eigenvalue weighted by Gasteiger charge is -2.10. The van der Waals surface area contributed by atoms with Gasteiger partial charge in [0.25, 0.3) is 10.0 Å². The highest BCUT2D eigenvalue weighted by atomic mass is 32.2. The Balaban J connectivity index is 2.24. The Labute approximate surface area is 122 Å². The maximum Gasteiger partial charge on any atom is 0.279 e. The molecule has 3 N–H and O–H groups in total. The van der Waals surface area contributed by atoms with Crippen molar-refractivity contribution >= 4 is 15.7 Å². The first-order valence-electron chi connectivity index (χ1n) is 6.28. The highest BCUT2D eigenvalue weighted by Gasteiger charge is 2.22. The summed E-state index contributed by atoms with van der Waals surface area (Å²) in [7, 11) is -3.95. The second-order valence-electron chi connectivity index (χ2n) is 4.72. The van der Waals surface area contributed by atoms with Crippen LogP contribution in [-0.2, 0) is 16.6 Å². The minimum absolute atomic E-state index is 0.0909. The van der Waals surface area contributed by atoms with E-state index in [4.69, 9.17) is 0 Å². The third-order valence-electron chi connectivity index (χ3n) is 2.66.